The first-order valence-electron chi connectivity index (χ1n) is 8.00. The van der Waals surface area contributed by atoms with E-state index >= 15 is 0 Å². The van der Waals surface area contributed by atoms with E-state index < -0.39 is 0 Å². The molecular formula is C18H28BrN. The molecule has 0 heterocycles. The van der Waals surface area contributed by atoms with Crippen molar-refractivity contribution < 1.29 is 0 Å². The Morgan fingerprint density at radius 1 is 1.20 bits per heavy atom. The lowest BCUT2D eigenvalue weighted by Gasteiger charge is -2.37. The summed E-state index contributed by atoms with van der Waals surface area (Å²) >= 11 is 3.69. The Labute approximate surface area is 132 Å². The number of hydrogen-bond acceptors (Lipinski definition) is 1. The van der Waals surface area contributed by atoms with Gasteiger partial charge >= 0.3 is 0 Å². The Morgan fingerprint density at radius 3 is 2.40 bits per heavy atom. The van der Waals surface area contributed by atoms with Gasteiger partial charge in [0.2, 0.25) is 0 Å². The second-order valence-electron chi connectivity index (χ2n) is 6.72. The lowest BCUT2D eigenvalue weighted by molar-refractivity contribution is 0.177. The largest absolute Gasteiger partial charge is 0.310 e. The van der Waals surface area contributed by atoms with E-state index in [-0.39, 0.29) is 0 Å². The van der Waals surface area contributed by atoms with Gasteiger partial charge in [-0.1, -0.05) is 48.8 Å². The summed E-state index contributed by atoms with van der Waals surface area (Å²) in [5, 5.41) is 3.74. The summed E-state index contributed by atoms with van der Waals surface area (Å²) in [7, 11) is 0. The molecule has 1 saturated carbocycles. The first-order chi connectivity index (χ1) is 9.51. The van der Waals surface area contributed by atoms with Crippen molar-refractivity contribution in [2.45, 2.75) is 53.0 Å². The molecule has 1 N–H and O–H groups in total. The van der Waals surface area contributed by atoms with Gasteiger partial charge in [-0.15, -0.1) is 0 Å². The van der Waals surface area contributed by atoms with Gasteiger partial charge in [0.15, 0.2) is 0 Å². The standard InChI is InChI=1S/C18H28BrN/c1-5-20-18(15-7-6-14(4)17(19)11-15)16-9-12(2)8-13(3)10-16/h6-7,11-13,16,18,20H,5,8-10H2,1-4H3. The highest BCUT2D eigenvalue weighted by molar-refractivity contribution is 9.10. The van der Waals surface area contributed by atoms with Crippen molar-refractivity contribution in [3.8, 4) is 0 Å². The molecule has 1 aliphatic rings. The molecule has 0 saturated heterocycles. The predicted molar refractivity (Wildman–Crippen MR) is 91.0 cm³/mol. The van der Waals surface area contributed by atoms with Crippen molar-refractivity contribution in [1.29, 1.82) is 0 Å². The van der Waals surface area contributed by atoms with E-state index in [9.17, 15) is 0 Å². The second-order valence-corrected chi connectivity index (χ2v) is 7.58. The molecule has 1 fully saturated rings. The molecule has 2 heteroatoms. The number of nitrogens with one attached hydrogen (secondary N) is 1. The predicted octanol–water partition coefficient (Wildman–Crippen LogP) is 5.48. The molecule has 112 valence electrons. The first-order valence-corrected chi connectivity index (χ1v) is 8.80. The van der Waals surface area contributed by atoms with Crippen molar-refractivity contribution in [3.63, 3.8) is 0 Å². The normalized spacial score (nSPS) is 28.4. The maximum atomic E-state index is 3.74. The summed E-state index contributed by atoms with van der Waals surface area (Å²) in [6, 6.07) is 7.35. The Balaban J connectivity index is 2.23. The van der Waals surface area contributed by atoms with Gasteiger partial charge < -0.3 is 5.32 Å². The number of hydrogen-bond donors (Lipinski definition) is 1. The lowest BCUT2D eigenvalue weighted by atomic mass is 9.72. The zero-order valence-electron chi connectivity index (χ0n) is 13.2. The van der Waals surface area contributed by atoms with Crippen molar-refractivity contribution >= 4 is 15.9 Å². The maximum Gasteiger partial charge on any atom is 0.0349 e. The molecule has 0 bridgehead atoms. The van der Waals surface area contributed by atoms with Crippen LogP contribution in [0.3, 0.4) is 0 Å². The quantitative estimate of drug-likeness (QED) is 0.766. The third-order valence-electron chi connectivity index (χ3n) is 4.67. The number of benzene rings is 1. The summed E-state index contributed by atoms with van der Waals surface area (Å²) in [6.45, 7) is 10.2. The van der Waals surface area contributed by atoms with Crippen LogP contribution in [0.1, 0.15) is 57.2 Å². The SMILES string of the molecule is CCNC(c1ccc(C)c(Br)c1)C1CC(C)CC(C)C1. The molecule has 3 unspecified atom stereocenters. The molecule has 3 atom stereocenters. The Bertz CT molecular complexity index is 433. The molecule has 1 nitrogen and oxygen atoms in total. The molecular weight excluding hydrogens is 310 g/mol. The Kier molecular flexibility index (Phi) is 5.68. The molecule has 0 radical (unpaired) electrons. The molecule has 2 rings (SSSR count). The summed E-state index contributed by atoms with van der Waals surface area (Å²) in [6.07, 6.45) is 4.11. The number of aryl methyl sites for hydroxylation is 1. The fourth-order valence-corrected chi connectivity index (χ4v) is 4.26. The molecule has 1 aromatic carbocycles. The molecule has 20 heavy (non-hydrogen) atoms. The first kappa shape index (κ1) is 16.0. The highest BCUT2D eigenvalue weighted by Crippen LogP contribution is 2.40. The van der Waals surface area contributed by atoms with Crippen LogP contribution < -0.4 is 5.32 Å². The second kappa shape index (κ2) is 7.09. The fourth-order valence-electron chi connectivity index (χ4n) is 3.86. The van der Waals surface area contributed by atoms with Crippen molar-refractivity contribution in [1.82, 2.24) is 5.32 Å². The van der Waals surface area contributed by atoms with E-state index in [1.807, 2.05) is 0 Å². The summed E-state index contributed by atoms with van der Waals surface area (Å²) < 4.78 is 1.23. The molecule has 0 aliphatic heterocycles. The minimum Gasteiger partial charge on any atom is -0.310 e. The minimum atomic E-state index is 0.502. The lowest BCUT2D eigenvalue weighted by Crippen LogP contribution is -2.33. The monoisotopic (exact) mass is 337 g/mol. The highest BCUT2D eigenvalue weighted by atomic mass is 79.9. The van der Waals surface area contributed by atoms with Gasteiger partial charge in [0, 0.05) is 10.5 Å². The Morgan fingerprint density at radius 2 is 1.85 bits per heavy atom. The minimum absolute atomic E-state index is 0.502. The molecule has 0 aromatic heterocycles. The van der Waals surface area contributed by atoms with E-state index in [4.69, 9.17) is 0 Å². The van der Waals surface area contributed by atoms with Crippen LogP contribution in [0.2, 0.25) is 0 Å². The van der Waals surface area contributed by atoms with Crippen molar-refractivity contribution in [3.05, 3.63) is 33.8 Å². The van der Waals surface area contributed by atoms with Crippen molar-refractivity contribution in [2.24, 2.45) is 17.8 Å². The van der Waals surface area contributed by atoms with E-state index in [0.29, 0.717) is 6.04 Å². The fraction of sp³-hybridized carbons (Fsp3) is 0.667. The van der Waals surface area contributed by atoms with Crippen LogP contribution >= 0.6 is 15.9 Å². The summed E-state index contributed by atoms with van der Waals surface area (Å²) in [5.41, 5.74) is 2.75. The Hall–Kier alpha value is -0.340. The van der Waals surface area contributed by atoms with E-state index in [2.05, 4.69) is 67.1 Å². The highest BCUT2D eigenvalue weighted by Gasteiger charge is 2.30. The summed E-state index contributed by atoms with van der Waals surface area (Å²) in [4.78, 5) is 0. The third-order valence-corrected chi connectivity index (χ3v) is 5.52. The van der Waals surface area contributed by atoms with Crippen LogP contribution in [0, 0.1) is 24.7 Å². The molecule has 0 spiro atoms. The zero-order valence-corrected chi connectivity index (χ0v) is 14.8. The van der Waals surface area contributed by atoms with Crippen LogP contribution in [0.25, 0.3) is 0 Å². The van der Waals surface area contributed by atoms with Crippen LogP contribution in [-0.4, -0.2) is 6.54 Å². The van der Waals surface area contributed by atoms with Crippen LogP contribution in [0.5, 0.6) is 0 Å². The van der Waals surface area contributed by atoms with Crippen molar-refractivity contribution in [2.75, 3.05) is 6.54 Å². The average Bonchev–Trinajstić information content (AvgIpc) is 2.38. The van der Waals surface area contributed by atoms with Gasteiger partial charge in [0.25, 0.3) is 0 Å². The van der Waals surface area contributed by atoms with Crippen LogP contribution in [0.4, 0.5) is 0 Å². The van der Waals surface area contributed by atoms with Gasteiger partial charge in [-0.3, -0.25) is 0 Å². The molecule has 1 aliphatic carbocycles. The van der Waals surface area contributed by atoms with Crippen LogP contribution in [0.15, 0.2) is 22.7 Å². The van der Waals surface area contributed by atoms with Gasteiger partial charge in [-0.25, -0.2) is 0 Å². The number of rotatable bonds is 4. The maximum absolute atomic E-state index is 3.74. The number of halogens is 1. The van der Waals surface area contributed by atoms with E-state index in [1.54, 1.807) is 0 Å². The van der Waals surface area contributed by atoms with Crippen LogP contribution in [-0.2, 0) is 0 Å². The van der Waals surface area contributed by atoms with Gasteiger partial charge in [0.05, 0.1) is 0 Å². The third kappa shape index (κ3) is 3.85. The van der Waals surface area contributed by atoms with Gasteiger partial charge in [-0.05, 0) is 67.7 Å². The zero-order chi connectivity index (χ0) is 14.7. The van der Waals surface area contributed by atoms with E-state index in [1.165, 1.54) is 34.9 Å². The average molecular weight is 338 g/mol. The van der Waals surface area contributed by atoms with E-state index in [0.717, 1.165) is 24.3 Å². The smallest absolute Gasteiger partial charge is 0.0349 e. The topological polar surface area (TPSA) is 12.0 Å². The molecule has 1 aromatic rings. The van der Waals surface area contributed by atoms with Gasteiger partial charge in [0.1, 0.15) is 0 Å². The summed E-state index contributed by atoms with van der Waals surface area (Å²) in [5.74, 6) is 2.49. The molecule has 0 amide bonds. The van der Waals surface area contributed by atoms with Gasteiger partial charge in [-0.2, -0.15) is 0 Å².